The third kappa shape index (κ3) is 5.69. The minimum Gasteiger partial charge on any atom is -0.377 e. The van der Waals surface area contributed by atoms with Crippen LogP contribution in [0, 0.1) is 0 Å². The van der Waals surface area contributed by atoms with E-state index in [2.05, 4.69) is 16.3 Å². The van der Waals surface area contributed by atoms with Gasteiger partial charge in [-0.2, -0.15) is 0 Å². The molecule has 2 aromatic rings. The maximum atomic E-state index is 12.5. The Bertz CT molecular complexity index is 703. The van der Waals surface area contributed by atoms with Gasteiger partial charge in [-0.15, -0.1) is 11.3 Å². The fourth-order valence-electron chi connectivity index (χ4n) is 2.87. The maximum absolute atomic E-state index is 12.5. The molecule has 1 aliphatic rings. The van der Waals surface area contributed by atoms with Gasteiger partial charge in [-0.3, -0.25) is 9.69 Å². The van der Waals surface area contributed by atoms with Gasteiger partial charge in [-0.25, -0.2) is 0 Å². The van der Waals surface area contributed by atoms with Crippen molar-refractivity contribution in [2.24, 2.45) is 0 Å². The second-order valence-corrected chi connectivity index (χ2v) is 7.93. The van der Waals surface area contributed by atoms with Gasteiger partial charge in [-0.1, -0.05) is 29.3 Å². The highest BCUT2D eigenvalue weighted by Crippen LogP contribution is 2.25. The summed E-state index contributed by atoms with van der Waals surface area (Å²) in [5.74, 6) is -0.0984. The molecule has 134 valence electrons. The summed E-state index contributed by atoms with van der Waals surface area (Å²) in [4.78, 5) is 15.8. The summed E-state index contributed by atoms with van der Waals surface area (Å²) in [5.41, 5.74) is 0.573. The topological polar surface area (TPSA) is 41.6 Å². The van der Waals surface area contributed by atoms with Crippen molar-refractivity contribution in [1.82, 2.24) is 4.90 Å². The number of anilines is 1. The van der Waals surface area contributed by atoms with Crippen LogP contribution in [0.4, 0.5) is 5.69 Å². The number of nitrogens with one attached hydrogen (secondary N) is 1. The van der Waals surface area contributed by atoms with Gasteiger partial charge in [0.05, 0.1) is 23.4 Å². The second-order valence-electron chi connectivity index (χ2n) is 6.06. The van der Waals surface area contributed by atoms with E-state index in [1.165, 1.54) is 4.88 Å². The summed E-state index contributed by atoms with van der Waals surface area (Å²) in [6, 6.07) is 9.15. The van der Waals surface area contributed by atoms with E-state index in [9.17, 15) is 4.79 Å². The Kier molecular flexibility index (Phi) is 6.73. The van der Waals surface area contributed by atoms with Gasteiger partial charge in [0.2, 0.25) is 5.91 Å². The molecule has 0 radical (unpaired) electrons. The van der Waals surface area contributed by atoms with Crippen molar-refractivity contribution >= 4 is 46.1 Å². The van der Waals surface area contributed by atoms with Crippen LogP contribution in [-0.4, -0.2) is 36.6 Å². The smallest absolute Gasteiger partial charge is 0.238 e. The number of rotatable bonds is 7. The third-order valence-electron chi connectivity index (χ3n) is 4.02. The van der Waals surface area contributed by atoms with E-state index in [4.69, 9.17) is 27.9 Å². The predicted octanol–water partition coefficient (Wildman–Crippen LogP) is 4.67. The number of hydrogen-bond donors (Lipinski definition) is 1. The lowest BCUT2D eigenvalue weighted by atomic mass is 10.2. The maximum Gasteiger partial charge on any atom is 0.238 e. The Morgan fingerprint density at radius 3 is 2.92 bits per heavy atom. The highest BCUT2D eigenvalue weighted by molar-refractivity contribution is 7.09. The molecule has 25 heavy (non-hydrogen) atoms. The molecule has 1 amide bonds. The van der Waals surface area contributed by atoms with Crippen LogP contribution in [0.1, 0.15) is 17.7 Å². The first-order chi connectivity index (χ1) is 12.1. The minimum atomic E-state index is -0.0984. The monoisotopic (exact) mass is 398 g/mol. The Balaban J connectivity index is 1.62. The Labute approximate surface area is 161 Å². The van der Waals surface area contributed by atoms with Gasteiger partial charge in [0, 0.05) is 29.6 Å². The molecular weight excluding hydrogens is 379 g/mol. The number of nitrogens with zero attached hydrogens (tertiary/aromatic N) is 1. The number of amides is 1. The number of carbonyl (C=O) groups excluding carboxylic acids is 1. The molecule has 2 heterocycles. The molecule has 3 rings (SSSR count). The van der Waals surface area contributed by atoms with Gasteiger partial charge in [-0.05, 0) is 42.5 Å². The number of halogens is 2. The van der Waals surface area contributed by atoms with E-state index >= 15 is 0 Å². The van der Waals surface area contributed by atoms with Gasteiger partial charge in [0.15, 0.2) is 0 Å². The Morgan fingerprint density at radius 2 is 2.24 bits per heavy atom. The van der Waals surface area contributed by atoms with Gasteiger partial charge >= 0.3 is 0 Å². The van der Waals surface area contributed by atoms with E-state index in [1.807, 2.05) is 11.4 Å². The molecule has 1 N–H and O–H groups in total. The second kappa shape index (κ2) is 9.01. The molecule has 0 spiro atoms. The van der Waals surface area contributed by atoms with Gasteiger partial charge in [0.1, 0.15) is 0 Å². The molecule has 4 nitrogen and oxygen atoms in total. The van der Waals surface area contributed by atoms with Crippen LogP contribution in [0.3, 0.4) is 0 Å². The summed E-state index contributed by atoms with van der Waals surface area (Å²) in [5, 5.41) is 5.89. The number of thiophene rings is 1. The van der Waals surface area contributed by atoms with Crippen molar-refractivity contribution in [2.75, 3.05) is 25.0 Å². The minimum absolute atomic E-state index is 0.0984. The molecule has 1 aliphatic heterocycles. The molecule has 1 saturated heterocycles. The standard InChI is InChI=1S/C18H20Cl2N2O2S/c19-13-5-6-17(16(20)9-13)21-18(23)12-22(10-14-3-1-7-24-14)11-15-4-2-8-25-15/h2,4-6,8-9,14H,1,3,7,10-12H2,(H,21,23). The zero-order valence-electron chi connectivity index (χ0n) is 13.7. The number of carbonyl (C=O) groups is 1. The SMILES string of the molecule is O=C(CN(Cc1cccs1)CC1CCCO1)Nc1ccc(Cl)cc1Cl. The normalized spacial score (nSPS) is 17.2. The quantitative estimate of drug-likeness (QED) is 0.736. The lowest BCUT2D eigenvalue weighted by molar-refractivity contribution is -0.117. The summed E-state index contributed by atoms with van der Waals surface area (Å²) in [6.07, 6.45) is 2.34. The number of ether oxygens (including phenoxy) is 1. The zero-order chi connectivity index (χ0) is 17.6. The van der Waals surface area contributed by atoms with Crippen LogP contribution >= 0.6 is 34.5 Å². The molecule has 1 unspecified atom stereocenters. The van der Waals surface area contributed by atoms with Crippen molar-refractivity contribution in [3.05, 3.63) is 50.6 Å². The summed E-state index contributed by atoms with van der Waals surface area (Å²) >= 11 is 13.7. The molecule has 0 bridgehead atoms. The highest BCUT2D eigenvalue weighted by atomic mass is 35.5. The van der Waals surface area contributed by atoms with Crippen molar-refractivity contribution in [2.45, 2.75) is 25.5 Å². The molecule has 0 aliphatic carbocycles. The lowest BCUT2D eigenvalue weighted by Gasteiger charge is -2.24. The van der Waals surface area contributed by atoms with Crippen LogP contribution in [0.25, 0.3) is 0 Å². The molecule has 1 fully saturated rings. The summed E-state index contributed by atoms with van der Waals surface area (Å²) in [7, 11) is 0. The third-order valence-corrected chi connectivity index (χ3v) is 5.43. The van der Waals surface area contributed by atoms with Crippen LogP contribution < -0.4 is 5.32 Å². The predicted molar refractivity (Wildman–Crippen MR) is 104 cm³/mol. The molecule has 1 atom stereocenters. The van der Waals surface area contributed by atoms with Crippen LogP contribution in [-0.2, 0) is 16.1 Å². The van der Waals surface area contributed by atoms with Gasteiger partial charge < -0.3 is 10.1 Å². The fourth-order valence-corrected chi connectivity index (χ4v) is 4.07. The molecule has 1 aromatic carbocycles. The Morgan fingerprint density at radius 1 is 1.36 bits per heavy atom. The lowest BCUT2D eigenvalue weighted by Crippen LogP contribution is -2.37. The fraction of sp³-hybridized carbons (Fsp3) is 0.389. The summed E-state index contributed by atoms with van der Waals surface area (Å²) in [6.45, 7) is 2.58. The van der Waals surface area contributed by atoms with E-state index < -0.39 is 0 Å². The average Bonchev–Trinajstić information content (AvgIpc) is 3.24. The highest BCUT2D eigenvalue weighted by Gasteiger charge is 2.21. The molecule has 7 heteroatoms. The zero-order valence-corrected chi connectivity index (χ0v) is 16.0. The van der Waals surface area contributed by atoms with Crippen molar-refractivity contribution in [3.8, 4) is 0 Å². The van der Waals surface area contributed by atoms with Crippen LogP contribution in [0.2, 0.25) is 10.0 Å². The first-order valence-corrected chi connectivity index (χ1v) is 9.85. The average molecular weight is 399 g/mol. The first-order valence-electron chi connectivity index (χ1n) is 8.21. The Hall–Kier alpha value is -1.11. The molecule has 1 aromatic heterocycles. The molecular formula is C18H20Cl2N2O2S. The van der Waals surface area contributed by atoms with Crippen LogP contribution in [0.15, 0.2) is 35.7 Å². The van der Waals surface area contributed by atoms with E-state index in [-0.39, 0.29) is 18.6 Å². The van der Waals surface area contributed by atoms with Crippen molar-refractivity contribution in [1.29, 1.82) is 0 Å². The van der Waals surface area contributed by atoms with E-state index in [0.717, 1.165) is 32.5 Å². The summed E-state index contributed by atoms with van der Waals surface area (Å²) < 4.78 is 5.73. The molecule has 0 saturated carbocycles. The number of hydrogen-bond acceptors (Lipinski definition) is 4. The largest absolute Gasteiger partial charge is 0.377 e. The van der Waals surface area contributed by atoms with E-state index in [1.54, 1.807) is 29.5 Å². The van der Waals surface area contributed by atoms with E-state index in [0.29, 0.717) is 15.7 Å². The van der Waals surface area contributed by atoms with Crippen LogP contribution in [0.5, 0.6) is 0 Å². The van der Waals surface area contributed by atoms with Gasteiger partial charge in [0.25, 0.3) is 0 Å². The van der Waals surface area contributed by atoms with Crippen molar-refractivity contribution < 1.29 is 9.53 Å². The first kappa shape index (κ1) is 18.7. The van der Waals surface area contributed by atoms with Crippen molar-refractivity contribution in [3.63, 3.8) is 0 Å². The number of benzene rings is 1.